The second kappa shape index (κ2) is 10.2. The highest BCUT2D eigenvalue weighted by molar-refractivity contribution is 7.98. The molecule has 170 valence electrons. The fourth-order valence-electron chi connectivity index (χ4n) is 3.80. The van der Waals surface area contributed by atoms with Gasteiger partial charge in [-0.15, -0.1) is 10.2 Å². The smallest absolute Gasteiger partial charge is 0.242 e. The summed E-state index contributed by atoms with van der Waals surface area (Å²) in [6, 6.07) is 17.3. The molecule has 0 N–H and O–H groups in total. The third-order valence-electron chi connectivity index (χ3n) is 5.57. The number of para-hydroxylation sites is 1. The molecule has 7 nitrogen and oxygen atoms in total. The molecular weight excluding hydrogens is 442 g/mol. The van der Waals surface area contributed by atoms with Crippen LogP contribution in [0.4, 0.5) is 0 Å². The van der Waals surface area contributed by atoms with Gasteiger partial charge in [0, 0.05) is 25.5 Å². The molecule has 0 saturated carbocycles. The number of hydrogen-bond acceptors (Lipinski definition) is 6. The van der Waals surface area contributed by atoms with Crippen LogP contribution in [-0.4, -0.2) is 59.6 Å². The Morgan fingerprint density at radius 1 is 0.969 bits per heavy atom. The SMILES string of the molecule is CN(C)S(=O)(=O)c1cccc(CSc2nnc(CN3CCCCC3)n2-c2ccccc2)c1. The monoisotopic (exact) mass is 471 g/mol. The second-order valence-corrected chi connectivity index (χ2v) is 11.2. The molecule has 0 aliphatic carbocycles. The Bertz CT molecular complexity index is 1140. The Morgan fingerprint density at radius 2 is 1.72 bits per heavy atom. The van der Waals surface area contributed by atoms with E-state index in [4.69, 9.17) is 0 Å². The summed E-state index contributed by atoms with van der Waals surface area (Å²) in [6.07, 6.45) is 3.76. The molecule has 2 heterocycles. The lowest BCUT2D eigenvalue weighted by atomic mass is 10.1. The molecule has 0 atom stereocenters. The molecule has 0 spiro atoms. The molecule has 0 bridgehead atoms. The molecular formula is C23H29N5O2S2. The van der Waals surface area contributed by atoms with Crippen LogP contribution in [0, 0.1) is 0 Å². The average molecular weight is 472 g/mol. The van der Waals surface area contributed by atoms with Gasteiger partial charge in [-0.3, -0.25) is 9.47 Å². The number of hydrogen-bond donors (Lipinski definition) is 0. The van der Waals surface area contributed by atoms with Gasteiger partial charge in [0.05, 0.1) is 11.4 Å². The van der Waals surface area contributed by atoms with E-state index < -0.39 is 10.0 Å². The molecule has 0 unspecified atom stereocenters. The van der Waals surface area contributed by atoms with Gasteiger partial charge in [0.15, 0.2) is 11.0 Å². The third-order valence-corrected chi connectivity index (χ3v) is 8.38. The molecule has 4 rings (SSSR count). The predicted molar refractivity (Wildman–Crippen MR) is 127 cm³/mol. The third kappa shape index (κ3) is 5.23. The fraction of sp³-hybridized carbons (Fsp3) is 0.391. The summed E-state index contributed by atoms with van der Waals surface area (Å²) >= 11 is 1.57. The number of likely N-dealkylation sites (tertiary alicyclic amines) is 1. The van der Waals surface area contributed by atoms with Crippen LogP contribution in [0.15, 0.2) is 64.6 Å². The van der Waals surface area contributed by atoms with Crippen molar-refractivity contribution in [2.45, 2.75) is 41.6 Å². The summed E-state index contributed by atoms with van der Waals surface area (Å²) in [5.41, 5.74) is 1.97. The molecule has 0 radical (unpaired) electrons. The lowest BCUT2D eigenvalue weighted by molar-refractivity contribution is 0.214. The normalized spacial score (nSPS) is 15.3. The molecule has 0 amide bonds. The molecule has 3 aromatic rings. The van der Waals surface area contributed by atoms with Crippen molar-refractivity contribution in [3.8, 4) is 5.69 Å². The molecule has 1 saturated heterocycles. The zero-order chi connectivity index (χ0) is 22.6. The lowest BCUT2D eigenvalue weighted by Crippen LogP contribution is -2.30. The van der Waals surface area contributed by atoms with E-state index in [9.17, 15) is 8.42 Å². The number of benzene rings is 2. The summed E-state index contributed by atoms with van der Waals surface area (Å²) < 4.78 is 28.3. The van der Waals surface area contributed by atoms with E-state index in [-0.39, 0.29) is 0 Å². The summed E-state index contributed by atoms with van der Waals surface area (Å²) in [5.74, 6) is 1.54. The highest BCUT2D eigenvalue weighted by Crippen LogP contribution is 2.27. The van der Waals surface area contributed by atoms with Crippen LogP contribution >= 0.6 is 11.8 Å². The Kier molecular flexibility index (Phi) is 7.30. The minimum Gasteiger partial charge on any atom is -0.296 e. The molecule has 32 heavy (non-hydrogen) atoms. The fourth-order valence-corrected chi connectivity index (χ4v) is 5.69. The van der Waals surface area contributed by atoms with Crippen LogP contribution in [0.5, 0.6) is 0 Å². The zero-order valence-corrected chi connectivity index (χ0v) is 20.1. The van der Waals surface area contributed by atoms with Crippen LogP contribution in [0.3, 0.4) is 0 Å². The Hall–Kier alpha value is -2.20. The number of sulfonamides is 1. The standard InChI is InChI=1S/C23H29N5O2S2/c1-26(2)32(29,30)21-13-9-10-19(16-21)18-31-23-25-24-22(17-27-14-7-4-8-15-27)28(23)20-11-5-3-6-12-20/h3,5-6,9-13,16H,4,7-8,14-15,17-18H2,1-2H3. The van der Waals surface area contributed by atoms with Gasteiger partial charge in [0.2, 0.25) is 10.0 Å². The van der Waals surface area contributed by atoms with Crippen LogP contribution in [0.2, 0.25) is 0 Å². The van der Waals surface area contributed by atoms with E-state index in [1.807, 2.05) is 24.3 Å². The van der Waals surface area contributed by atoms with E-state index in [1.165, 1.54) is 23.6 Å². The van der Waals surface area contributed by atoms with Crippen molar-refractivity contribution in [2.75, 3.05) is 27.2 Å². The van der Waals surface area contributed by atoms with Gasteiger partial charge in [0.25, 0.3) is 0 Å². The minimum absolute atomic E-state index is 0.302. The van der Waals surface area contributed by atoms with Crippen molar-refractivity contribution in [1.82, 2.24) is 24.0 Å². The highest BCUT2D eigenvalue weighted by Gasteiger charge is 2.20. The zero-order valence-electron chi connectivity index (χ0n) is 18.5. The molecule has 1 aliphatic heterocycles. The first-order valence-electron chi connectivity index (χ1n) is 10.8. The first-order chi connectivity index (χ1) is 15.4. The quantitative estimate of drug-likeness (QED) is 0.466. The van der Waals surface area contributed by atoms with Gasteiger partial charge in [0.1, 0.15) is 0 Å². The molecule has 2 aromatic carbocycles. The van der Waals surface area contributed by atoms with Gasteiger partial charge >= 0.3 is 0 Å². The van der Waals surface area contributed by atoms with Gasteiger partial charge < -0.3 is 0 Å². The summed E-state index contributed by atoms with van der Waals surface area (Å²) in [7, 11) is -0.371. The van der Waals surface area contributed by atoms with Crippen LogP contribution < -0.4 is 0 Å². The van der Waals surface area contributed by atoms with Crippen LogP contribution in [0.25, 0.3) is 5.69 Å². The number of thioether (sulfide) groups is 1. The summed E-state index contributed by atoms with van der Waals surface area (Å²) in [4.78, 5) is 2.74. The number of aromatic nitrogens is 3. The van der Waals surface area contributed by atoms with E-state index in [0.717, 1.165) is 41.9 Å². The van der Waals surface area contributed by atoms with Crippen LogP contribution in [-0.2, 0) is 22.3 Å². The first-order valence-corrected chi connectivity index (χ1v) is 13.2. The molecule has 9 heteroatoms. The summed E-state index contributed by atoms with van der Waals surface area (Å²) in [6.45, 7) is 2.97. The van der Waals surface area contributed by atoms with Crippen molar-refractivity contribution in [3.05, 3.63) is 66.0 Å². The van der Waals surface area contributed by atoms with E-state index in [2.05, 4.69) is 31.8 Å². The molecule has 1 fully saturated rings. The minimum atomic E-state index is -3.46. The van der Waals surface area contributed by atoms with Crippen molar-refractivity contribution >= 4 is 21.8 Å². The maximum atomic E-state index is 12.5. The topological polar surface area (TPSA) is 71.3 Å². The van der Waals surface area contributed by atoms with Gasteiger partial charge in [-0.05, 0) is 55.8 Å². The van der Waals surface area contributed by atoms with Gasteiger partial charge in [-0.2, -0.15) is 0 Å². The second-order valence-electron chi connectivity index (χ2n) is 8.13. The van der Waals surface area contributed by atoms with E-state index in [0.29, 0.717) is 10.6 Å². The number of rotatable bonds is 8. The largest absolute Gasteiger partial charge is 0.296 e. The van der Waals surface area contributed by atoms with Gasteiger partial charge in [-0.25, -0.2) is 12.7 Å². The Morgan fingerprint density at radius 3 is 2.44 bits per heavy atom. The maximum Gasteiger partial charge on any atom is 0.242 e. The Labute approximate surface area is 194 Å². The van der Waals surface area contributed by atoms with E-state index >= 15 is 0 Å². The van der Waals surface area contributed by atoms with Gasteiger partial charge in [-0.1, -0.05) is 48.5 Å². The first kappa shape index (κ1) is 23.0. The summed E-state index contributed by atoms with van der Waals surface area (Å²) in [5, 5.41) is 9.83. The number of piperidine rings is 1. The van der Waals surface area contributed by atoms with E-state index in [1.54, 1.807) is 44.1 Å². The lowest BCUT2D eigenvalue weighted by Gasteiger charge is -2.26. The predicted octanol–water partition coefficient (Wildman–Crippen LogP) is 3.80. The highest BCUT2D eigenvalue weighted by atomic mass is 32.2. The van der Waals surface area contributed by atoms with Crippen molar-refractivity contribution in [1.29, 1.82) is 0 Å². The molecule has 1 aliphatic rings. The van der Waals surface area contributed by atoms with Crippen LogP contribution in [0.1, 0.15) is 30.7 Å². The van der Waals surface area contributed by atoms with Crippen molar-refractivity contribution < 1.29 is 8.42 Å². The molecule has 1 aromatic heterocycles. The number of nitrogens with zero attached hydrogens (tertiary/aromatic N) is 5. The van der Waals surface area contributed by atoms with Crippen molar-refractivity contribution in [3.63, 3.8) is 0 Å². The average Bonchev–Trinajstić information content (AvgIpc) is 3.21. The maximum absolute atomic E-state index is 12.5. The van der Waals surface area contributed by atoms with Crippen molar-refractivity contribution in [2.24, 2.45) is 0 Å². The Balaban J connectivity index is 1.58.